The molecule has 0 unspecified atom stereocenters. The summed E-state index contributed by atoms with van der Waals surface area (Å²) in [4.78, 5) is 23.9. The molecule has 3 amide bonds. The number of rotatable bonds is 7. The van der Waals surface area contributed by atoms with Crippen LogP contribution in [-0.4, -0.2) is 31.6 Å². The molecule has 2 N–H and O–H groups in total. The molecule has 0 aromatic heterocycles. The zero-order chi connectivity index (χ0) is 23.3. The minimum atomic E-state index is -4.85. The van der Waals surface area contributed by atoms with E-state index < -0.39 is 59.0 Å². The highest BCUT2D eigenvalue weighted by atomic mass is 35.5. The van der Waals surface area contributed by atoms with Gasteiger partial charge in [0.15, 0.2) is 5.75 Å². The minimum Gasteiger partial charge on any atom is -0.426 e. The van der Waals surface area contributed by atoms with E-state index in [0.29, 0.717) is 0 Å². The van der Waals surface area contributed by atoms with E-state index in [1.54, 1.807) is 5.32 Å². The van der Waals surface area contributed by atoms with E-state index >= 15 is 0 Å². The molecular weight excluding hydrogens is 458 g/mol. The zero-order valence-corrected chi connectivity index (χ0v) is 16.2. The number of methoxy groups -OCH3 is 1. The third-order valence-corrected chi connectivity index (χ3v) is 3.87. The number of alkyl halides is 4. The van der Waals surface area contributed by atoms with Crippen LogP contribution in [0.5, 0.6) is 5.75 Å². The molecule has 0 atom stereocenters. The van der Waals surface area contributed by atoms with Crippen LogP contribution in [0, 0.1) is 11.6 Å². The number of hydrogen-bond acceptors (Lipinski definition) is 4. The van der Waals surface area contributed by atoms with Crippen molar-refractivity contribution in [1.82, 2.24) is 5.32 Å². The van der Waals surface area contributed by atoms with Gasteiger partial charge in [0, 0.05) is 18.4 Å². The first-order valence-corrected chi connectivity index (χ1v) is 8.56. The summed E-state index contributed by atoms with van der Waals surface area (Å²) in [7, 11) is 1.16. The average molecular weight is 471 g/mol. The van der Waals surface area contributed by atoms with Gasteiger partial charge in [-0.1, -0.05) is 17.7 Å². The van der Waals surface area contributed by atoms with E-state index in [1.807, 2.05) is 0 Å². The van der Waals surface area contributed by atoms with Crippen molar-refractivity contribution in [3.8, 4) is 5.75 Å². The van der Waals surface area contributed by atoms with Crippen molar-refractivity contribution in [1.29, 1.82) is 0 Å². The zero-order valence-electron chi connectivity index (χ0n) is 15.4. The molecule has 31 heavy (non-hydrogen) atoms. The second-order valence-corrected chi connectivity index (χ2v) is 6.26. The Bertz CT molecular complexity index is 970. The van der Waals surface area contributed by atoms with Crippen molar-refractivity contribution in [2.45, 2.75) is 19.1 Å². The molecule has 2 rings (SSSR count). The monoisotopic (exact) mass is 470 g/mol. The summed E-state index contributed by atoms with van der Waals surface area (Å²) in [5.41, 5.74) is -1.44. The molecule has 2 aromatic carbocycles. The smallest absolute Gasteiger partial charge is 0.426 e. The first-order chi connectivity index (χ1) is 14.5. The Morgan fingerprint density at radius 1 is 1.16 bits per heavy atom. The first-order valence-electron chi connectivity index (χ1n) is 8.19. The van der Waals surface area contributed by atoms with Crippen LogP contribution >= 0.6 is 11.6 Å². The lowest BCUT2D eigenvalue weighted by atomic mass is 10.1. The van der Waals surface area contributed by atoms with E-state index in [1.165, 1.54) is 0 Å². The Labute approximate surface area is 176 Å². The lowest BCUT2D eigenvalue weighted by Gasteiger charge is -2.21. The van der Waals surface area contributed by atoms with Crippen LogP contribution in [0.25, 0.3) is 0 Å². The number of nitrogens with one attached hydrogen (secondary N) is 2. The van der Waals surface area contributed by atoms with E-state index in [9.17, 15) is 35.9 Å². The summed E-state index contributed by atoms with van der Waals surface area (Å²) in [5.74, 6) is -4.63. The fraction of sp³-hybridized carbons (Fsp3) is 0.222. The van der Waals surface area contributed by atoms with E-state index in [4.69, 9.17) is 16.3 Å². The summed E-state index contributed by atoms with van der Waals surface area (Å²) in [6.07, 6.45) is -9.00. The predicted molar refractivity (Wildman–Crippen MR) is 96.6 cm³/mol. The highest BCUT2D eigenvalue weighted by molar-refractivity contribution is 6.32. The third kappa shape index (κ3) is 6.01. The highest BCUT2D eigenvalue weighted by Crippen LogP contribution is 2.38. The van der Waals surface area contributed by atoms with Gasteiger partial charge < -0.3 is 14.8 Å². The molecule has 0 fully saturated rings. The van der Waals surface area contributed by atoms with Crippen LogP contribution in [-0.2, 0) is 11.3 Å². The number of ether oxygens (including phenoxy) is 2. The van der Waals surface area contributed by atoms with Crippen molar-refractivity contribution >= 4 is 29.2 Å². The Hall–Kier alpha value is -2.99. The molecule has 0 saturated heterocycles. The number of imide groups is 1. The van der Waals surface area contributed by atoms with Gasteiger partial charge in [0.05, 0.1) is 11.6 Å². The van der Waals surface area contributed by atoms with Gasteiger partial charge in [-0.2, -0.15) is 17.6 Å². The molecule has 6 nitrogen and oxygen atoms in total. The quantitative estimate of drug-likeness (QED) is 0.561. The molecule has 0 bridgehead atoms. The fourth-order valence-electron chi connectivity index (χ4n) is 2.32. The Morgan fingerprint density at radius 2 is 1.77 bits per heavy atom. The molecule has 0 aliphatic carbocycles. The maximum Gasteiger partial charge on any atom is 0.461 e. The maximum absolute atomic E-state index is 13.6. The van der Waals surface area contributed by atoms with Crippen molar-refractivity contribution in [3.63, 3.8) is 0 Å². The fourth-order valence-corrected chi connectivity index (χ4v) is 2.60. The number of amides is 3. The topological polar surface area (TPSA) is 76.7 Å². The summed E-state index contributed by atoms with van der Waals surface area (Å²) < 4.78 is 87.4. The third-order valence-electron chi connectivity index (χ3n) is 3.59. The van der Waals surface area contributed by atoms with Crippen LogP contribution in [0.15, 0.2) is 30.3 Å². The highest BCUT2D eigenvalue weighted by Gasteiger charge is 2.45. The number of urea groups is 1. The normalized spacial score (nSPS) is 11.4. The van der Waals surface area contributed by atoms with Crippen molar-refractivity contribution in [3.05, 3.63) is 58.1 Å². The van der Waals surface area contributed by atoms with E-state index in [0.717, 1.165) is 37.4 Å². The lowest BCUT2D eigenvalue weighted by Crippen LogP contribution is -2.35. The first kappa shape index (κ1) is 24.3. The summed E-state index contributed by atoms with van der Waals surface area (Å²) >= 11 is 5.81. The average Bonchev–Trinajstić information content (AvgIpc) is 2.64. The second kappa shape index (κ2) is 9.88. The van der Waals surface area contributed by atoms with Gasteiger partial charge in [-0.25, -0.2) is 13.6 Å². The summed E-state index contributed by atoms with van der Waals surface area (Å²) in [6.45, 7) is -0.426. The van der Waals surface area contributed by atoms with Gasteiger partial charge in [0.1, 0.15) is 17.2 Å². The predicted octanol–water partition coefficient (Wildman–Crippen LogP) is 4.96. The molecule has 0 spiro atoms. The van der Waals surface area contributed by atoms with Crippen molar-refractivity contribution < 1.29 is 45.4 Å². The number of benzene rings is 2. The Balaban J connectivity index is 2.23. The van der Waals surface area contributed by atoms with Crippen LogP contribution < -0.4 is 15.4 Å². The van der Waals surface area contributed by atoms with E-state index in [2.05, 4.69) is 10.1 Å². The van der Waals surface area contributed by atoms with Crippen LogP contribution in [0.4, 0.5) is 36.8 Å². The summed E-state index contributed by atoms with van der Waals surface area (Å²) in [5, 5.41) is 3.17. The molecule has 0 aliphatic heterocycles. The second-order valence-electron chi connectivity index (χ2n) is 5.85. The number of hydrogen-bond donors (Lipinski definition) is 2. The maximum atomic E-state index is 13.6. The standard InChI is InChI=1S/C18H13ClF6N2O4/c1-30-7-8-5-9(6-10(19)14(8)31-18(24,25)16(22)23)26-17(29)27-15(28)13-11(20)3-2-4-12(13)21/h2-6,16H,7H2,1H3,(H2,26,27,28,29). The van der Waals surface area contributed by atoms with Gasteiger partial charge in [-0.3, -0.25) is 10.1 Å². The van der Waals surface area contributed by atoms with Gasteiger partial charge in [-0.05, 0) is 24.3 Å². The molecule has 168 valence electrons. The Morgan fingerprint density at radius 3 is 2.32 bits per heavy atom. The van der Waals surface area contributed by atoms with Gasteiger partial charge in [0.2, 0.25) is 0 Å². The Kier molecular flexibility index (Phi) is 7.74. The lowest BCUT2D eigenvalue weighted by molar-refractivity contribution is -0.253. The number of halogens is 7. The molecule has 13 heteroatoms. The molecule has 0 aliphatic rings. The largest absolute Gasteiger partial charge is 0.461 e. The molecular formula is C18H13ClF6N2O4. The minimum absolute atomic E-state index is 0.191. The number of anilines is 1. The van der Waals surface area contributed by atoms with Crippen LogP contribution in [0.1, 0.15) is 15.9 Å². The van der Waals surface area contributed by atoms with Gasteiger partial charge in [-0.15, -0.1) is 0 Å². The molecule has 2 aromatic rings. The van der Waals surface area contributed by atoms with Gasteiger partial charge in [0.25, 0.3) is 5.91 Å². The van der Waals surface area contributed by atoms with Crippen molar-refractivity contribution in [2.24, 2.45) is 0 Å². The summed E-state index contributed by atoms with van der Waals surface area (Å²) in [6, 6.07) is 3.24. The number of carbonyl (C=O) groups is 2. The van der Waals surface area contributed by atoms with Crippen LogP contribution in [0.3, 0.4) is 0 Å². The van der Waals surface area contributed by atoms with Crippen molar-refractivity contribution in [2.75, 3.05) is 12.4 Å². The van der Waals surface area contributed by atoms with E-state index in [-0.39, 0.29) is 11.3 Å². The molecule has 0 heterocycles. The molecule has 0 radical (unpaired) electrons. The van der Waals surface area contributed by atoms with Crippen LogP contribution in [0.2, 0.25) is 5.02 Å². The molecule has 0 saturated carbocycles. The SMILES string of the molecule is COCc1cc(NC(=O)NC(=O)c2c(F)cccc2F)cc(Cl)c1OC(F)(F)C(F)F. The number of carbonyl (C=O) groups excluding carboxylic acids is 2. The van der Waals surface area contributed by atoms with Gasteiger partial charge >= 0.3 is 18.6 Å².